The van der Waals surface area contributed by atoms with E-state index in [9.17, 15) is 39.6 Å². The summed E-state index contributed by atoms with van der Waals surface area (Å²) in [7, 11) is 0. The Labute approximate surface area is 194 Å². The van der Waals surface area contributed by atoms with Gasteiger partial charge in [0.05, 0.1) is 46.7 Å². The molecule has 0 atom stereocenters. The van der Waals surface area contributed by atoms with Gasteiger partial charge in [-0.3, -0.25) is 0 Å². The minimum Gasteiger partial charge on any atom is -0.870 e. The maximum atomic E-state index is 10.2. The maximum Gasteiger partial charge on any atom is 3.00 e. The Morgan fingerprint density at radius 1 is 0.548 bits per heavy atom. The Hall–Kier alpha value is -2.98. The van der Waals surface area contributed by atoms with Crippen LogP contribution in [0.2, 0.25) is 0 Å². The van der Waals surface area contributed by atoms with Gasteiger partial charge in [-0.2, -0.15) is 0 Å². The number of aromatic nitrogens is 2. The molecule has 2 aromatic rings. The molecule has 0 aromatic carbocycles. The molecule has 17 heteroatoms. The molecule has 2 rings (SSSR count). The number of hydrogen-bond donors (Lipinski definition) is 0. The first-order chi connectivity index (χ1) is 11.2. The van der Waals surface area contributed by atoms with E-state index in [4.69, 9.17) is 0 Å². The molecular formula is C14H16Fe2N2O13+2. The summed E-state index contributed by atoms with van der Waals surface area (Å²) in [6.07, 6.45) is 0. The van der Waals surface area contributed by atoms with Gasteiger partial charge in [0, 0.05) is 0 Å². The van der Waals surface area contributed by atoms with Gasteiger partial charge in [0.15, 0.2) is 0 Å². The molecule has 2 aromatic heterocycles. The fraction of sp³-hybridized carbons (Fsp3) is 0. The zero-order valence-electron chi connectivity index (χ0n) is 14.9. The van der Waals surface area contributed by atoms with Gasteiger partial charge >= 0.3 is 34.1 Å². The van der Waals surface area contributed by atoms with Gasteiger partial charge in [0.1, 0.15) is 0 Å². The number of carbonyl (C=O) groups excluding carboxylic acids is 4. The smallest absolute Gasteiger partial charge is 0.870 e. The second kappa shape index (κ2) is 21.7. The van der Waals surface area contributed by atoms with E-state index in [0.29, 0.717) is 0 Å². The van der Waals surface area contributed by atoms with E-state index >= 15 is 0 Å². The van der Waals surface area contributed by atoms with Gasteiger partial charge in [0.25, 0.3) is 0 Å². The van der Waals surface area contributed by atoms with E-state index in [1.807, 2.05) is 0 Å². The molecule has 0 spiro atoms. The molecule has 2 radical (unpaired) electrons. The van der Waals surface area contributed by atoms with E-state index in [1.165, 1.54) is 12.1 Å². The predicted molar refractivity (Wildman–Crippen MR) is 83.0 cm³/mol. The van der Waals surface area contributed by atoms with Crippen molar-refractivity contribution < 1.29 is 101 Å². The second-order valence-electron chi connectivity index (χ2n) is 3.97. The zero-order valence-corrected chi connectivity index (χ0v) is 17.1. The van der Waals surface area contributed by atoms with Crippen LogP contribution in [-0.4, -0.2) is 50.3 Å². The number of rotatable bonds is 4. The van der Waals surface area contributed by atoms with Crippen molar-refractivity contribution in [2.24, 2.45) is 0 Å². The number of carboxylic acid groups (broad SMARTS) is 4. The van der Waals surface area contributed by atoms with Gasteiger partial charge in [0.2, 0.25) is 0 Å². The molecule has 0 aliphatic heterocycles. The molecule has 174 valence electrons. The minimum absolute atomic E-state index is 0. The monoisotopic (exact) mass is 532 g/mol. The van der Waals surface area contributed by atoms with E-state index in [1.54, 1.807) is 0 Å². The van der Waals surface area contributed by atoms with Crippen molar-refractivity contribution in [1.29, 1.82) is 0 Å². The summed E-state index contributed by atoms with van der Waals surface area (Å²) in [5.74, 6) is -6.06. The summed E-state index contributed by atoms with van der Waals surface area (Å²) in [5.41, 5.74) is -1.68. The van der Waals surface area contributed by atoms with Crippen LogP contribution in [0.4, 0.5) is 0 Å². The quantitative estimate of drug-likeness (QED) is 0.262. The molecule has 0 amide bonds. The number of pyridine rings is 2. The normalized spacial score (nSPS) is 7.23. The Balaban J connectivity index is -0.0000000606. The Kier molecular flexibility index (Phi) is 32.4. The molecule has 0 fully saturated rings. The summed E-state index contributed by atoms with van der Waals surface area (Å²) in [6.45, 7) is 0. The SMILES string of the molecule is O.O=C([O-])c1cccc(C(=O)[O-])n1.O=C([O-])c1cccc(C(=O)[O-])n1.[Fe+3].[Fe+3].[OH-].[OH-].[OH3+].[OH3+]. The molecule has 0 aliphatic carbocycles. The molecule has 10 N–H and O–H groups in total. The second-order valence-corrected chi connectivity index (χ2v) is 3.97. The van der Waals surface area contributed by atoms with Crippen molar-refractivity contribution in [3.05, 3.63) is 59.2 Å². The summed E-state index contributed by atoms with van der Waals surface area (Å²) < 4.78 is 0. The first kappa shape index (κ1) is 46.3. The van der Waals surface area contributed by atoms with Crippen LogP contribution >= 0.6 is 0 Å². The van der Waals surface area contributed by atoms with Crippen LogP contribution in [0.15, 0.2) is 36.4 Å². The Morgan fingerprint density at radius 3 is 0.839 bits per heavy atom. The van der Waals surface area contributed by atoms with E-state index in [-0.39, 0.29) is 61.5 Å². The number of hydrogen-bond acceptors (Lipinski definition) is 12. The molecule has 15 nitrogen and oxygen atoms in total. The largest absolute Gasteiger partial charge is 3.00 e. The number of nitrogens with zero attached hydrogens (tertiary/aromatic N) is 2. The number of carboxylic acids is 4. The van der Waals surface area contributed by atoms with Crippen molar-refractivity contribution >= 4 is 23.9 Å². The zero-order chi connectivity index (χ0) is 18.3. The average molecular weight is 532 g/mol. The predicted octanol–water partition coefficient (Wildman–Crippen LogP) is -7.41. The number of carbonyl (C=O) groups is 4. The van der Waals surface area contributed by atoms with Crippen LogP contribution in [0, 0.1) is 0 Å². The van der Waals surface area contributed by atoms with E-state index in [2.05, 4.69) is 9.97 Å². The van der Waals surface area contributed by atoms with Crippen LogP contribution in [0.25, 0.3) is 0 Å². The third-order valence-electron chi connectivity index (χ3n) is 2.33. The van der Waals surface area contributed by atoms with Crippen molar-refractivity contribution in [3.8, 4) is 0 Å². The standard InChI is InChI=1S/2C7H5NO4.2Fe.5H2O/c2*9-6(10)4-2-1-3-5(8-4)7(11)12;;;;;;;/h2*1-3H,(H,9,10)(H,11,12);;;5*1H2/q;;2*+3;;;;;/p-4. The van der Waals surface area contributed by atoms with Crippen molar-refractivity contribution in [1.82, 2.24) is 9.97 Å². The van der Waals surface area contributed by atoms with Gasteiger partial charge < -0.3 is 67.0 Å². The molecular weight excluding hydrogens is 516 g/mol. The first-order valence-corrected chi connectivity index (χ1v) is 6.02. The Bertz CT molecular complexity index is 694. The first-order valence-electron chi connectivity index (χ1n) is 6.02. The van der Waals surface area contributed by atoms with Crippen LogP contribution in [0.5, 0.6) is 0 Å². The molecule has 0 unspecified atom stereocenters. The molecule has 31 heavy (non-hydrogen) atoms. The average Bonchev–Trinajstić information content (AvgIpc) is 2.55. The maximum absolute atomic E-state index is 10.2. The van der Waals surface area contributed by atoms with E-state index < -0.39 is 46.7 Å². The third kappa shape index (κ3) is 15.5. The summed E-state index contributed by atoms with van der Waals surface area (Å²) in [6, 6.07) is 7.07. The van der Waals surface area contributed by atoms with Crippen LogP contribution in [-0.2, 0) is 45.1 Å². The fourth-order valence-electron chi connectivity index (χ4n) is 1.32. The molecule has 0 saturated heterocycles. The summed E-state index contributed by atoms with van der Waals surface area (Å²) >= 11 is 0. The summed E-state index contributed by atoms with van der Waals surface area (Å²) in [5, 5.41) is 40.8. The summed E-state index contributed by atoms with van der Waals surface area (Å²) in [4.78, 5) is 47.3. The Morgan fingerprint density at radius 2 is 0.710 bits per heavy atom. The van der Waals surface area contributed by atoms with Crippen molar-refractivity contribution in [3.63, 3.8) is 0 Å². The van der Waals surface area contributed by atoms with Gasteiger partial charge in [-0.15, -0.1) is 0 Å². The van der Waals surface area contributed by atoms with Crippen LogP contribution in [0.1, 0.15) is 42.0 Å². The molecule has 2 heterocycles. The van der Waals surface area contributed by atoms with Crippen molar-refractivity contribution in [2.45, 2.75) is 0 Å². The van der Waals surface area contributed by atoms with E-state index in [0.717, 1.165) is 24.3 Å². The molecule has 0 bridgehead atoms. The van der Waals surface area contributed by atoms with Gasteiger partial charge in [-0.25, -0.2) is 9.97 Å². The minimum atomic E-state index is -1.52. The van der Waals surface area contributed by atoms with Crippen molar-refractivity contribution in [2.75, 3.05) is 0 Å². The van der Waals surface area contributed by atoms with Gasteiger partial charge in [-0.05, 0) is 24.3 Å². The van der Waals surface area contributed by atoms with Crippen LogP contribution in [0.3, 0.4) is 0 Å². The molecule has 0 aliphatic rings. The number of aromatic carboxylic acids is 4. The molecule has 0 saturated carbocycles. The topological polar surface area (TPSA) is 344 Å². The fourth-order valence-corrected chi connectivity index (χ4v) is 1.32. The third-order valence-corrected chi connectivity index (χ3v) is 2.33. The van der Waals surface area contributed by atoms with Gasteiger partial charge in [-0.1, -0.05) is 12.1 Å². The van der Waals surface area contributed by atoms with Crippen LogP contribution < -0.4 is 20.4 Å².